The van der Waals surface area contributed by atoms with Crippen LogP contribution in [0.1, 0.15) is 0 Å². The molecule has 12 rings (SSSR count). The normalized spacial score (nSPS) is 11.7. The zero-order chi connectivity index (χ0) is 39.6. The van der Waals surface area contributed by atoms with Gasteiger partial charge in [-0.2, -0.15) is 9.97 Å². The molecule has 0 bridgehead atoms. The third-order valence-electron chi connectivity index (χ3n) is 11.8. The zero-order valence-corrected chi connectivity index (χ0v) is 32.4. The van der Waals surface area contributed by atoms with Crippen molar-refractivity contribution in [1.29, 1.82) is 0 Å². The number of rotatable bonds is 6. The van der Waals surface area contributed by atoms with Crippen LogP contribution < -0.4 is 0 Å². The molecule has 0 saturated carbocycles. The highest BCUT2D eigenvalue weighted by Crippen LogP contribution is 2.40. The Kier molecular flexibility index (Phi) is 7.78. The highest BCUT2D eigenvalue weighted by atomic mass is 15.2. The summed E-state index contributed by atoms with van der Waals surface area (Å²) in [4.78, 5) is 15.6. The number of benzene rings is 9. The molecule has 0 saturated heterocycles. The molecule has 0 aliphatic rings. The van der Waals surface area contributed by atoms with Gasteiger partial charge in [-0.25, -0.2) is 4.98 Å². The Labute approximate surface area is 346 Å². The van der Waals surface area contributed by atoms with Crippen LogP contribution in [0.5, 0.6) is 0 Å². The lowest BCUT2D eigenvalue weighted by Gasteiger charge is -2.12. The predicted molar refractivity (Wildman–Crippen MR) is 248 cm³/mol. The SMILES string of the molecule is c1ccc(-c2ccc(-c3nc(-c4ccccc4)nc(-n4c5ccccc5c5cc6c(cc54)c4ccccc4n6-c4cccc(-c5ccc6ccccc6c5)c4)n3)cc2)cc1. The van der Waals surface area contributed by atoms with Crippen molar-refractivity contribution in [3.63, 3.8) is 0 Å². The Morgan fingerprint density at radius 3 is 1.45 bits per heavy atom. The van der Waals surface area contributed by atoms with Gasteiger partial charge in [0.25, 0.3) is 0 Å². The molecular weight excluding hydrogens is 731 g/mol. The van der Waals surface area contributed by atoms with E-state index in [2.05, 4.69) is 197 Å². The smallest absolute Gasteiger partial charge is 0.238 e. The van der Waals surface area contributed by atoms with E-state index in [1.807, 2.05) is 24.3 Å². The van der Waals surface area contributed by atoms with Crippen molar-refractivity contribution in [2.24, 2.45) is 0 Å². The van der Waals surface area contributed by atoms with Crippen LogP contribution in [-0.4, -0.2) is 24.1 Å². The first-order chi connectivity index (χ1) is 29.7. The lowest BCUT2D eigenvalue weighted by molar-refractivity contribution is 0.954. The summed E-state index contributed by atoms with van der Waals surface area (Å²) >= 11 is 0. The molecule has 280 valence electrons. The van der Waals surface area contributed by atoms with E-state index in [0.29, 0.717) is 17.6 Å². The quantitative estimate of drug-likeness (QED) is 0.169. The predicted octanol–water partition coefficient (Wildman–Crippen LogP) is 13.9. The van der Waals surface area contributed by atoms with Gasteiger partial charge in [-0.1, -0.05) is 170 Å². The molecule has 0 unspecified atom stereocenters. The molecular formula is C55H35N5. The van der Waals surface area contributed by atoms with Gasteiger partial charge in [0.15, 0.2) is 11.6 Å². The summed E-state index contributed by atoms with van der Waals surface area (Å²) in [6.07, 6.45) is 0. The average Bonchev–Trinajstić information content (AvgIpc) is 3.83. The molecule has 9 aromatic carbocycles. The second kappa shape index (κ2) is 13.8. The van der Waals surface area contributed by atoms with Crippen LogP contribution in [0.15, 0.2) is 212 Å². The van der Waals surface area contributed by atoms with E-state index in [4.69, 9.17) is 15.0 Å². The Morgan fingerprint density at radius 2 is 0.750 bits per heavy atom. The van der Waals surface area contributed by atoms with Gasteiger partial charge in [-0.3, -0.25) is 4.57 Å². The van der Waals surface area contributed by atoms with Gasteiger partial charge in [0.1, 0.15) is 0 Å². The van der Waals surface area contributed by atoms with E-state index in [0.717, 1.165) is 60.6 Å². The third-order valence-corrected chi connectivity index (χ3v) is 11.8. The maximum atomic E-state index is 5.26. The van der Waals surface area contributed by atoms with E-state index >= 15 is 0 Å². The maximum absolute atomic E-state index is 5.26. The summed E-state index contributed by atoms with van der Waals surface area (Å²) in [6, 6.07) is 75.2. The van der Waals surface area contributed by atoms with Crippen LogP contribution in [0.4, 0.5) is 0 Å². The minimum Gasteiger partial charge on any atom is -0.309 e. The van der Waals surface area contributed by atoms with Gasteiger partial charge in [0.2, 0.25) is 5.95 Å². The van der Waals surface area contributed by atoms with E-state index in [1.54, 1.807) is 0 Å². The molecule has 0 spiro atoms. The van der Waals surface area contributed by atoms with E-state index in [1.165, 1.54) is 32.8 Å². The fourth-order valence-corrected chi connectivity index (χ4v) is 8.87. The molecule has 3 aromatic heterocycles. The Balaban J connectivity index is 1.07. The van der Waals surface area contributed by atoms with Gasteiger partial charge >= 0.3 is 0 Å². The van der Waals surface area contributed by atoms with Crippen molar-refractivity contribution in [2.75, 3.05) is 0 Å². The van der Waals surface area contributed by atoms with Gasteiger partial charge in [-0.05, 0) is 75.5 Å². The van der Waals surface area contributed by atoms with Gasteiger partial charge < -0.3 is 4.57 Å². The first-order valence-electron chi connectivity index (χ1n) is 20.3. The van der Waals surface area contributed by atoms with Crippen molar-refractivity contribution >= 4 is 54.4 Å². The fraction of sp³-hybridized carbons (Fsp3) is 0. The van der Waals surface area contributed by atoms with Gasteiger partial charge in [0.05, 0.1) is 22.1 Å². The molecule has 12 aromatic rings. The first-order valence-corrected chi connectivity index (χ1v) is 20.3. The van der Waals surface area contributed by atoms with Crippen LogP contribution in [-0.2, 0) is 0 Å². The van der Waals surface area contributed by atoms with Crippen molar-refractivity contribution in [2.45, 2.75) is 0 Å². The van der Waals surface area contributed by atoms with Crippen molar-refractivity contribution in [1.82, 2.24) is 24.1 Å². The monoisotopic (exact) mass is 765 g/mol. The van der Waals surface area contributed by atoms with E-state index in [9.17, 15) is 0 Å². The molecule has 0 atom stereocenters. The minimum absolute atomic E-state index is 0.573. The first kappa shape index (κ1) is 33.9. The lowest BCUT2D eigenvalue weighted by atomic mass is 10.0. The number of aromatic nitrogens is 5. The van der Waals surface area contributed by atoms with Crippen molar-refractivity contribution in [3.05, 3.63) is 212 Å². The largest absolute Gasteiger partial charge is 0.309 e. The molecule has 0 radical (unpaired) electrons. The molecule has 0 aliphatic heterocycles. The average molecular weight is 766 g/mol. The summed E-state index contributed by atoms with van der Waals surface area (Å²) in [5, 5.41) is 7.08. The summed E-state index contributed by atoms with van der Waals surface area (Å²) in [5.41, 5.74) is 12.0. The molecule has 5 heteroatoms. The van der Waals surface area contributed by atoms with Crippen LogP contribution in [0.3, 0.4) is 0 Å². The van der Waals surface area contributed by atoms with Gasteiger partial charge in [-0.15, -0.1) is 0 Å². The Bertz CT molecular complexity index is 3580. The Hall–Kier alpha value is -8.15. The number of hydrogen-bond acceptors (Lipinski definition) is 3. The highest BCUT2D eigenvalue weighted by molar-refractivity contribution is 6.19. The number of fused-ring (bicyclic) bond motifs is 7. The minimum atomic E-state index is 0.573. The van der Waals surface area contributed by atoms with Gasteiger partial charge in [0, 0.05) is 38.4 Å². The second-order valence-electron chi connectivity index (χ2n) is 15.3. The summed E-state index contributed by atoms with van der Waals surface area (Å²) in [7, 11) is 0. The number of nitrogens with zero attached hydrogens (tertiary/aromatic N) is 5. The summed E-state index contributed by atoms with van der Waals surface area (Å²) in [5.74, 6) is 1.81. The second-order valence-corrected chi connectivity index (χ2v) is 15.3. The Morgan fingerprint density at radius 1 is 0.267 bits per heavy atom. The number of para-hydroxylation sites is 2. The zero-order valence-electron chi connectivity index (χ0n) is 32.4. The topological polar surface area (TPSA) is 48.5 Å². The standard InChI is InChI=1S/C55H35N5/c1-3-14-36(15-4-1)38-26-29-40(30-27-38)54-56-53(39-17-5-2-6-18-39)57-55(58-54)60-50-25-12-10-23-46(50)48-34-51-47(35-52(48)60)45-22-9-11-24-49(45)59(51)44-21-13-20-42(33-44)43-31-28-37-16-7-8-19-41(37)32-43/h1-35H. The summed E-state index contributed by atoms with van der Waals surface area (Å²) < 4.78 is 4.63. The molecule has 0 N–H and O–H groups in total. The van der Waals surface area contributed by atoms with E-state index < -0.39 is 0 Å². The molecule has 5 nitrogen and oxygen atoms in total. The molecule has 0 aliphatic carbocycles. The van der Waals surface area contributed by atoms with Crippen LogP contribution in [0, 0.1) is 0 Å². The molecule has 60 heavy (non-hydrogen) atoms. The molecule has 0 amide bonds. The highest BCUT2D eigenvalue weighted by Gasteiger charge is 2.21. The van der Waals surface area contributed by atoms with Crippen LogP contribution in [0.2, 0.25) is 0 Å². The summed E-state index contributed by atoms with van der Waals surface area (Å²) in [6.45, 7) is 0. The van der Waals surface area contributed by atoms with Crippen molar-refractivity contribution in [3.8, 4) is 56.7 Å². The van der Waals surface area contributed by atoms with Crippen LogP contribution in [0.25, 0.3) is 111 Å². The maximum Gasteiger partial charge on any atom is 0.238 e. The third kappa shape index (κ3) is 5.59. The van der Waals surface area contributed by atoms with E-state index in [-0.39, 0.29) is 0 Å². The fourth-order valence-electron chi connectivity index (χ4n) is 8.87. The number of hydrogen-bond donors (Lipinski definition) is 0. The molecule has 3 heterocycles. The van der Waals surface area contributed by atoms with Crippen LogP contribution >= 0.6 is 0 Å². The molecule has 0 fully saturated rings. The lowest BCUT2D eigenvalue weighted by Crippen LogP contribution is -2.06. The van der Waals surface area contributed by atoms with Crippen molar-refractivity contribution < 1.29 is 0 Å².